The van der Waals surface area contributed by atoms with Crippen molar-refractivity contribution in [1.82, 2.24) is 4.90 Å². The summed E-state index contributed by atoms with van der Waals surface area (Å²) in [4.78, 5) is 24.4. The van der Waals surface area contributed by atoms with E-state index in [-0.39, 0.29) is 27.6 Å². The Hall–Kier alpha value is -1.70. The van der Waals surface area contributed by atoms with Crippen molar-refractivity contribution < 1.29 is 19.2 Å². The van der Waals surface area contributed by atoms with E-state index in [1.54, 1.807) is 4.90 Å². The molecule has 0 atom stereocenters. The van der Waals surface area contributed by atoms with Crippen LogP contribution in [0.2, 0.25) is 5.02 Å². The molecule has 0 saturated carbocycles. The Morgan fingerprint density at radius 3 is 2.48 bits per heavy atom. The third-order valence-corrected chi connectivity index (χ3v) is 4.50. The number of nitrogens with zero attached hydrogens (tertiary/aromatic N) is 2. The van der Waals surface area contributed by atoms with E-state index in [4.69, 9.17) is 21.1 Å². The Morgan fingerprint density at radius 1 is 1.30 bits per heavy atom. The van der Waals surface area contributed by atoms with Gasteiger partial charge >= 0.3 is 0 Å². The summed E-state index contributed by atoms with van der Waals surface area (Å²) in [5.41, 5.74) is -0.184. The topological polar surface area (TPSA) is 81.9 Å². The molecule has 1 amide bonds. The highest BCUT2D eigenvalue weighted by Crippen LogP contribution is 2.38. The molecule has 0 radical (unpaired) electrons. The van der Waals surface area contributed by atoms with E-state index in [0.717, 1.165) is 0 Å². The zero-order valence-electron chi connectivity index (χ0n) is 12.9. The van der Waals surface area contributed by atoms with Crippen LogP contribution >= 0.6 is 11.6 Å². The molecule has 0 N–H and O–H groups in total. The minimum Gasteiger partial charge on any atom is -0.350 e. The van der Waals surface area contributed by atoms with Gasteiger partial charge in [0, 0.05) is 24.7 Å². The predicted octanol–water partition coefficient (Wildman–Crippen LogP) is 2.47. The Bertz CT molecular complexity index is 658. The molecular weight excluding hydrogens is 324 g/mol. The highest BCUT2D eigenvalue weighted by Gasteiger charge is 2.50. The third-order valence-electron chi connectivity index (χ3n) is 4.18. The zero-order chi connectivity index (χ0) is 16.8. The lowest BCUT2D eigenvalue weighted by Gasteiger charge is -2.54. The summed E-state index contributed by atoms with van der Waals surface area (Å²) in [6.45, 7) is 5.80. The number of halogens is 1. The van der Waals surface area contributed by atoms with Crippen LogP contribution in [0.1, 0.15) is 24.2 Å². The van der Waals surface area contributed by atoms with Crippen molar-refractivity contribution in [2.75, 3.05) is 26.3 Å². The molecule has 0 aromatic heterocycles. The lowest BCUT2D eigenvalue weighted by Crippen LogP contribution is -2.65. The predicted molar refractivity (Wildman–Crippen MR) is 82.4 cm³/mol. The maximum atomic E-state index is 12.4. The molecule has 2 saturated heterocycles. The van der Waals surface area contributed by atoms with Gasteiger partial charge in [-0.2, -0.15) is 0 Å². The fraction of sp³-hybridized carbons (Fsp3) is 0.533. The lowest BCUT2D eigenvalue weighted by molar-refractivity contribution is -0.384. The minimum absolute atomic E-state index is 0.0166. The van der Waals surface area contributed by atoms with Crippen molar-refractivity contribution in [3.05, 3.63) is 38.9 Å². The molecule has 1 spiro atoms. The first-order valence-corrected chi connectivity index (χ1v) is 7.60. The van der Waals surface area contributed by atoms with Crippen molar-refractivity contribution in [2.45, 2.75) is 19.6 Å². The second kappa shape index (κ2) is 5.43. The normalized spacial score (nSPS) is 21.8. The average Bonchev–Trinajstić information content (AvgIpc) is 2.45. The van der Waals surface area contributed by atoms with E-state index in [1.807, 2.05) is 13.8 Å². The van der Waals surface area contributed by atoms with Crippen molar-refractivity contribution in [2.24, 2.45) is 5.41 Å². The standard InChI is InChI=1S/C15H17ClN2O5/c1-14(2)22-8-15(9-23-14)6-17(7-15)13(19)10-3-4-11(16)12(5-10)18(20)21/h3-5H,6-9H2,1-2H3. The van der Waals surface area contributed by atoms with Gasteiger partial charge in [0.15, 0.2) is 5.79 Å². The Balaban J connectivity index is 1.68. The number of nitro groups is 1. The molecule has 2 heterocycles. The average molecular weight is 341 g/mol. The van der Waals surface area contributed by atoms with Crippen molar-refractivity contribution in [3.8, 4) is 0 Å². The van der Waals surface area contributed by atoms with Gasteiger partial charge in [-0.1, -0.05) is 11.6 Å². The number of carbonyl (C=O) groups excluding carboxylic acids is 1. The SMILES string of the molecule is CC1(C)OCC2(CO1)CN(C(=O)c1ccc(Cl)c([N+](=O)[O-])c1)C2. The quantitative estimate of drug-likeness (QED) is 0.610. The van der Waals surface area contributed by atoms with E-state index < -0.39 is 10.7 Å². The van der Waals surface area contributed by atoms with Crippen molar-refractivity contribution >= 4 is 23.2 Å². The third kappa shape index (κ3) is 3.04. The molecule has 1 aromatic carbocycles. The van der Waals surface area contributed by atoms with E-state index in [1.165, 1.54) is 18.2 Å². The molecular formula is C15H17ClN2O5. The summed E-state index contributed by atoms with van der Waals surface area (Å²) in [6.07, 6.45) is 0. The molecule has 2 aliphatic heterocycles. The van der Waals surface area contributed by atoms with E-state index in [0.29, 0.717) is 26.3 Å². The van der Waals surface area contributed by atoms with Gasteiger partial charge in [-0.3, -0.25) is 14.9 Å². The fourth-order valence-electron chi connectivity index (χ4n) is 2.79. The molecule has 2 aliphatic rings. The van der Waals surface area contributed by atoms with Crippen LogP contribution in [-0.4, -0.2) is 47.8 Å². The van der Waals surface area contributed by atoms with Crippen LogP contribution in [0.15, 0.2) is 18.2 Å². The minimum atomic E-state index is -0.596. The van der Waals surface area contributed by atoms with Gasteiger partial charge in [0.05, 0.1) is 23.6 Å². The van der Waals surface area contributed by atoms with Gasteiger partial charge in [0.1, 0.15) is 5.02 Å². The first kappa shape index (κ1) is 16.2. The van der Waals surface area contributed by atoms with Crippen LogP contribution in [0.3, 0.4) is 0 Å². The van der Waals surface area contributed by atoms with Gasteiger partial charge in [0.2, 0.25) is 0 Å². The largest absolute Gasteiger partial charge is 0.350 e. The van der Waals surface area contributed by atoms with Crippen molar-refractivity contribution in [1.29, 1.82) is 0 Å². The lowest BCUT2D eigenvalue weighted by atomic mass is 9.80. The van der Waals surface area contributed by atoms with E-state index >= 15 is 0 Å². The van der Waals surface area contributed by atoms with E-state index in [9.17, 15) is 14.9 Å². The van der Waals surface area contributed by atoms with Crippen LogP contribution in [0.4, 0.5) is 5.69 Å². The van der Waals surface area contributed by atoms with Crippen LogP contribution in [0.25, 0.3) is 0 Å². The maximum absolute atomic E-state index is 12.4. The monoisotopic (exact) mass is 340 g/mol. The number of likely N-dealkylation sites (tertiary alicyclic amines) is 1. The molecule has 3 rings (SSSR count). The van der Waals surface area contributed by atoms with Gasteiger partial charge in [-0.25, -0.2) is 0 Å². The van der Waals surface area contributed by atoms with Gasteiger partial charge in [-0.15, -0.1) is 0 Å². The van der Waals surface area contributed by atoms with Crippen LogP contribution in [0.5, 0.6) is 0 Å². The molecule has 2 fully saturated rings. The van der Waals surface area contributed by atoms with Gasteiger partial charge < -0.3 is 14.4 Å². The van der Waals surface area contributed by atoms with Crippen LogP contribution < -0.4 is 0 Å². The molecule has 0 unspecified atom stereocenters. The zero-order valence-corrected chi connectivity index (χ0v) is 13.6. The number of ether oxygens (including phenoxy) is 2. The Kier molecular flexibility index (Phi) is 3.82. The smallest absolute Gasteiger partial charge is 0.288 e. The molecule has 0 bridgehead atoms. The molecule has 1 aromatic rings. The van der Waals surface area contributed by atoms with Gasteiger partial charge in [0.25, 0.3) is 11.6 Å². The van der Waals surface area contributed by atoms with E-state index in [2.05, 4.69) is 0 Å². The summed E-state index contributed by atoms with van der Waals surface area (Å²) in [7, 11) is 0. The number of hydrogen-bond donors (Lipinski definition) is 0. The summed E-state index contributed by atoms with van der Waals surface area (Å²) >= 11 is 5.77. The summed E-state index contributed by atoms with van der Waals surface area (Å²) in [5.74, 6) is -0.841. The summed E-state index contributed by atoms with van der Waals surface area (Å²) < 4.78 is 11.3. The molecule has 124 valence electrons. The number of nitro benzene ring substituents is 1. The fourth-order valence-corrected chi connectivity index (χ4v) is 2.98. The second-order valence-electron chi connectivity index (χ2n) is 6.56. The Labute approximate surface area is 138 Å². The highest BCUT2D eigenvalue weighted by atomic mass is 35.5. The molecule has 8 heteroatoms. The van der Waals surface area contributed by atoms with Crippen molar-refractivity contribution in [3.63, 3.8) is 0 Å². The number of rotatable bonds is 2. The summed E-state index contributed by atoms with van der Waals surface area (Å²) in [5, 5.41) is 10.9. The molecule has 23 heavy (non-hydrogen) atoms. The molecule has 0 aliphatic carbocycles. The van der Waals surface area contributed by atoms with Crippen LogP contribution in [-0.2, 0) is 9.47 Å². The summed E-state index contributed by atoms with van der Waals surface area (Å²) in [6, 6.07) is 4.09. The number of carbonyl (C=O) groups is 1. The highest BCUT2D eigenvalue weighted by molar-refractivity contribution is 6.32. The number of amides is 1. The number of benzene rings is 1. The first-order chi connectivity index (χ1) is 10.7. The first-order valence-electron chi connectivity index (χ1n) is 7.23. The van der Waals surface area contributed by atoms with Gasteiger partial charge in [-0.05, 0) is 26.0 Å². The maximum Gasteiger partial charge on any atom is 0.288 e. The molecule has 7 nitrogen and oxygen atoms in total. The Morgan fingerprint density at radius 2 is 1.91 bits per heavy atom. The second-order valence-corrected chi connectivity index (χ2v) is 6.97. The number of hydrogen-bond acceptors (Lipinski definition) is 5. The van der Waals surface area contributed by atoms with Crippen LogP contribution in [0, 0.1) is 15.5 Å².